The summed E-state index contributed by atoms with van der Waals surface area (Å²) < 4.78 is 0. The fraction of sp³-hybridized carbons (Fsp3) is 0.533. The third-order valence-electron chi connectivity index (χ3n) is 4.37. The summed E-state index contributed by atoms with van der Waals surface area (Å²) in [5.41, 5.74) is 2.51. The van der Waals surface area contributed by atoms with Crippen LogP contribution in [0.15, 0.2) is 24.3 Å². The van der Waals surface area contributed by atoms with Crippen molar-refractivity contribution in [2.24, 2.45) is 0 Å². The summed E-state index contributed by atoms with van der Waals surface area (Å²) in [6.07, 6.45) is 2.31. The van der Waals surface area contributed by atoms with E-state index in [1.807, 2.05) is 18.0 Å². The van der Waals surface area contributed by atoms with Gasteiger partial charge in [-0.25, -0.2) is 0 Å². The van der Waals surface area contributed by atoms with E-state index < -0.39 is 0 Å². The number of amides is 1. The van der Waals surface area contributed by atoms with Crippen molar-refractivity contribution in [3.05, 3.63) is 29.8 Å². The molecule has 18 heavy (non-hydrogen) atoms. The van der Waals surface area contributed by atoms with E-state index >= 15 is 0 Å². The third kappa shape index (κ3) is 1.61. The maximum atomic E-state index is 12.6. The molecule has 0 radical (unpaired) electrons. The van der Waals surface area contributed by atoms with Gasteiger partial charge in [-0.05, 0) is 24.5 Å². The molecule has 0 aliphatic carbocycles. The molecule has 2 aliphatic rings. The number of carbonyl (C=O) groups excluding carboxylic acids is 1. The molecule has 0 bridgehead atoms. The number of likely N-dealkylation sites (tertiary alicyclic amines) is 1. The third-order valence-corrected chi connectivity index (χ3v) is 4.37. The van der Waals surface area contributed by atoms with Crippen molar-refractivity contribution in [3.8, 4) is 0 Å². The molecule has 0 N–H and O–H groups in total. The molecule has 2 heterocycles. The van der Waals surface area contributed by atoms with Gasteiger partial charge in [-0.2, -0.15) is 0 Å². The van der Waals surface area contributed by atoms with Gasteiger partial charge in [0.05, 0.1) is 0 Å². The first-order chi connectivity index (χ1) is 8.70. The van der Waals surface area contributed by atoms with Gasteiger partial charge in [-0.15, -0.1) is 0 Å². The SMILES string of the molecule is CC1c2ccccc2N(C)C1C(=O)N1CCCC1. The summed E-state index contributed by atoms with van der Waals surface area (Å²) in [4.78, 5) is 16.8. The highest BCUT2D eigenvalue weighted by atomic mass is 16.2. The van der Waals surface area contributed by atoms with E-state index in [-0.39, 0.29) is 6.04 Å². The second-order valence-electron chi connectivity index (χ2n) is 5.44. The zero-order valence-corrected chi connectivity index (χ0v) is 11.1. The molecule has 1 saturated heterocycles. The predicted molar refractivity (Wildman–Crippen MR) is 72.9 cm³/mol. The molecular formula is C15H20N2O. The first-order valence-corrected chi connectivity index (χ1v) is 6.80. The van der Waals surface area contributed by atoms with Gasteiger partial charge in [-0.1, -0.05) is 25.1 Å². The average molecular weight is 244 g/mol. The van der Waals surface area contributed by atoms with Crippen LogP contribution in [0.2, 0.25) is 0 Å². The van der Waals surface area contributed by atoms with E-state index in [0.717, 1.165) is 25.9 Å². The van der Waals surface area contributed by atoms with Crippen LogP contribution in [0.1, 0.15) is 31.2 Å². The van der Waals surface area contributed by atoms with Gasteiger partial charge in [-0.3, -0.25) is 4.79 Å². The molecule has 0 spiro atoms. The van der Waals surface area contributed by atoms with Gasteiger partial charge in [0.15, 0.2) is 0 Å². The Morgan fingerprint density at radius 2 is 1.89 bits per heavy atom. The lowest BCUT2D eigenvalue weighted by atomic mass is 9.96. The average Bonchev–Trinajstić information content (AvgIpc) is 2.99. The highest BCUT2D eigenvalue weighted by Gasteiger charge is 2.40. The smallest absolute Gasteiger partial charge is 0.245 e. The minimum absolute atomic E-state index is 0.0134. The Labute approximate surface area is 108 Å². The van der Waals surface area contributed by atoms with Gasteiger partial charge in [0.1, 0.15) is 6.04 Å². The largest absolute Gasteiger partial charge is 0.362 e. The van der Waals surface area contributed by atoms with E-state index in [1.54, 1.807) is 0 Å². The Morgan fingerprint density at radius 3 is 2.56 bits per heavy atom. The highest BCUT2D eigenvalue weighted by molar-refractivity contribution is 5.89. The van der Waals surface area contributed by atoms with Gasteiger partial charge in [0, 0.05) is 31.7 Å². The second kappa shape index (κ2) is 4.30. The van der Waals surface area contributed by atoms with Crippen molar-refractivity contribution in [2.45, 2.75) is 31.7 Å². The monoisotopic (exact) mass is 244 g/mol. The van der Waals surface area contributed by atoms with Crippen molar-refractivity contribution in [3.63, 3.8) is 0 Å². The topological polar surface area (TPSA) is 23.6 Å². The summed E-state index contributed by atoms with van der Waals surface area (Å²) in [5.74, 6) is 0.595. The second-order valence-corrected chi connectivity index (χ2v) is 5.44. The Morgan fingerprint density at radius 1 is 1.22 bits per heavy atom. The van der Waals surface area contributed by atoms with Crippen LogP contribution in [-0.2, 0) is 4.79 Å². The first kappa shape index (κ1) is 11.6. The lowest BCUT2D eigenvalue weighted by Gasteiger charge is -2.28. The summed E-state index contributed by atoms with van der Waals surface area (Å²) in [5, 5.41) is 0. The van der Waals surface area contributed by atoms with Crippen LogP contribution in [0.3, 0.4) is 0 Å². The van der Waals surface area contributed by atoms with Crippen LogP contribution in [-0.4, -0.2) is 37.0 Å². The molecule has 3 nitrogen and oxygen atoms in total. The Hall–Kier alpha value is -1.51. The summed E-state index contributed by atoms with van der Waals surface area (Å²) >= 11 is 0. The standard InChI is InChI=1S/C15H20N2O/c1-11-12-7-3-4-8-13(12)16(2)14(11)15(18)17-9-5-6-10-17/h3-4,7-8,11,14H,5-6,9-10H2,1-2H3. The fourth-order valence-electron chi connectivity index (χ4n) is 3.35. The highest BCUT2D eigenvalue weighted by Crippen LogP contribution is 2.40. The quantitative estimate of drug-likeness (QED) is 0.756. The number of anilines is 1. The normalized spacial score (nSPS) is 26.6. The molecule has 0 saturated carbocycles. The van der Waals surface area contributed by atoms with Gasteiger partial charge in [0.2, 0.25) is 5.91 Å². The number of fused-ring (bicyclic) bond motifs is 1. The number of hydrogen-bond acceptors (Lipinski definition) is 2. The van der Waals surface area contributed by atoms with E-state index in [0.29, 0.717) is 11.8 Å². The molecule has 3 rings (SSSR count). The van der Waals surface area contributed by atoms with E-state index in [1.165, 1.54) is 11.3 Å². The number of para-hydroxylation sites is 1. The van der Waals surface area contributed by atoms with Crippen LogP contribution in [0.25, 0.3) is 0 Å². The minimum Gasteiger partial charge on any atom is -0.362 e. The Balaban J connectivity index is 1.89. The predicted octanol–water partition coefficient (Wildman–Crippen LogP) is 2.23. The lowest BCUT2D eigenvalue weighted by molar-refractivity contribution is -0.131. The molecule has 3 heteroatoms. The van der Waals surface area contributed by atoms with Crippen LogP contribution in [0.4, 0.5) is 5.69 Å². The maximum Gasteiger partial charge on any atom is 0.245 e. The van der Waals surface area contributed by atoms with E-state index in [4.69, 9.17) is 0 Å². The minimum atomic E-state index is -0.0134. The van der Waals surface area contributed by atoms with Crippen molar-refractivity contribution in [1.82, 2.24) is 4.90 Å². The number of benzene rings is 1. The van der Waals surface area contributed by atoms with Gasteiger partial charge in [0.25, 0.3) is 0 Å². The fourth-order valence-corrected chi connectivity index (χ4v) is 3.35. The van der Waals surface area contributed by atoms with Crippen molar-refractivity contribution in [2.75, 3.05) is 25.0 Å². The molecular weight excluding hydrogens is 224 g/mol. The van der Waals surface area contributed by atoms with Crippen molar-refractivity contribution in [1.29, 1.82) is 0 Å². The molecule has 1 aromatic carbocycles. The maximum absolute atomic E-state index is 12.6. The Bertz CT molecular complexity index is 436. The number of hydrogen-bond donors (Lipinski definition) is 0. The molecule has 96 valence electrons. The summed E-state index contributed by atoms with van der Waals surface area (Å²) in [7, 11) is 2.04. The lowest BCUT2D eigenvalue weighted by Crippen LogP contribution is -2.46. The Kier molecular flexibility index (Phi) is 2.77. The summed E-state index contributed by atoms with van der Waals surface area (Å²) in [6, 6.07) is 8.36. The molecule has 1 amide bonds. The zero-order valence-electron chi connectivity index (χ0n) is 11.1. The molecule has 1 aromatic rings. The number of carbonyl (C=O) groups is 1. The molecule has 2 aliphatic heterocycles. The molecule has 2 atom stereocenters. The summed E-state index contributed by atoms with van der Waals surface area (Å²) in [6.45, 7) is 4.04. The van der Waals surface area contributed by atoms with Gasteiger partial charge < -0.3 is 9.80 Å². The first-order valence-electron chi connectivity index (χ1n) is 6.80. The molecule has 1 fully saturated rings. The van der Waals surface area contributed by atoms with E-state index in [9.17, 15) is 4.79 Å². The van der Waals surface area contributed by atoms with Crippen LogP contribution < -0.4 is 4.90 Å². The zero-order chi connectivity index (χ0) is 12.7. The van der Waals surface area contributed by atoms with Crippen molar-refractivity contribution >= 4 is 11.6 Å². The van der Waals surface area contributed by atoms with E-state index in [2.05, 4.69) is 30.0 Å². The number of rotatable bonds is 1. The van der Waals surface area contributed by atoms with Crippen LogP contribution in [0.5, 0.6) is 0 Å². The van der Waals surface area contributed by atoms with Crippen molar-refractivity contribution < 1.29 is 4.79 Å². The van der Waals surface area contributed by atoms with Crippen LogP contribution >= 0.6 is 0 Å². The van der Waals surface area contributed by atoms with Crippen LogP contribution in [0, 0.1) is 0 Å². The van der Waals surface area contributed by atoms with Gasteiger partial charge >= 0.3 is 0 Å². The molecule has 0 aromatic heterocycles. The number of likely N-dealkylation sites (N-methyl/N-ethyl adjacent to an activating group) is 1. The number of nitrogens with zero attached hydrogens (tertiary/aromatic N) is 2. The molecule has 2 unspecified atom stereocenters.